The maximum Gasteiger partial charge on any atom is 0.119 e. The number of hydrogen-bond acceptors (Lipinski definition) is 4. The Kier molecular flexibility index (Phi) is 5.22. The third-order valence-electron chi connectivity index (χ3n) is 8.25. The molecule has 4 heteroatoms. The highest BCUT2D eigenvalue weighted by Crippen LogP contribution is 2.54. The van der Waals surface area contributed by atoms with Crippen molar-refractivity contribution in [1.82, 2.24) is 0 Å². The van der Waals surface area contributed by atoms with Crippen LogP contribution in [0.1, 0.15) is 64.0 Å². The van der Waals surface area contributed by atoms with E-state index in [1.54, 1.807) is 0 Å². The predicted molar refractivity (Wildman–Crippen MR) is 122 cm³/mol. The highest BCUT2D eigenvalue weighted by molar-refractivity contribution is 5.58. The Morgan fingerprint density at radius 2 is 1.58 bits per heavy atom. The molecule has 2 aliphatic heterocycles. The maximum absolute atomic E-state index is 6.28. The van der Waals surface area contributed by atoms with Crippen molar-refractivity contribution in [3.63, 3.8) is 0 Å². The van der Waals surface area contributed by atoms with Gasteiger partial charge >= 0.3 is 0 Å². The van der Waals surface area contributed by atoms with Gasteiger partial charge in [0.1, 0.15) is 11.5 Å². The lowest BCUT2D eigenvalue weighted by atomic mass is 9.78. The van der Waals surface area contributed by atoms with Crippen molar-refractivity contribution >= 4 is 0 Å². The molecule has 168 valence electrons. The molecule has 1 aromatic rings. The van der Waals surface area contributed by atoms with E-state index in [4.69, 9.17) is 18.9 Å². The van der Waals surface area contributed by atoms with Crippen LogP contribution in [0.5, 0.6) is 5.75 Å². The monoisotopic (exact) mass is 424 g/mol. The molecule has 2 saturated heterocycles. The molecular formula is C27H36O4. The normalized spacial score (nSPS) is 26.5. The fraction of sp³-hybridized carbons (Fsp3) is 0.630. The van der Waals surface area contributed by atoms with Crippen LogP contribution < -0.4 is 4.74 Å². The molecule has 4 nitrogen and oxygen atoms in total. The molecule has 0 radical (unpaired) electrons. The van der Waals surface area contributed by atoms with Crippen molar-refractivity contribution < 1.29 is 18.9 Å². The van der Waals surface area contributed by atoms with Crippen molar-refractivity contribution in [3.05, 3.63) is 52.8 Å². The topological polar surface area (TPSA) is 36.9 Å². The van der Waals surface area contributed by atoms with Crippen molar-refractivity contribution in [2.24, 2.45) is 10.8 Å². The summed E-state index contributed by atoms with van der Waals surface area (Å²) in [6.07, 6.45) is 7.77. The fourth-order valence-electron chi connectivity index (χ4n) is 5.34. The molecule has 2 aliphatic carbocycles. The number of benzene rings is 1. The van der Waals surface area contributed by atoms with E-state index in [2.05, 4.69) is 58.0 Å². The summed E-state index contributed by atoms with van der Waals surface area (Å²) in [5.41, 5.74) is 4.68. The van der Waals surface area contributed by atoms with E-state index in [-0.39, 0.29) is 16.2 Å². The Morgan fingerprint density at radius 1 is 0.935 bits per heavy atom. The van der Waals surface area contributed by atoms with Gasteiger partial charge in [0.2, 0.25) is 0 Å². The number of fused-ring (bicyclic) bond motifs is 3. The quantitative estimate of drug-likeness (QED) is 0.550. The molecule has 1 unspecified atom stereocenters. The van der Waals surface area contributed by atoms with Crippen LogP contribution in [-0.4, -0.2) is 39.6 Å². The molecule has 1 aromatic carbocycles. The van der Waals surface area contributed by atoms with Gasteiger partial charge in [0.15, 0.2) is 0 Å². The average Bonchev–Trinajstić information content (AvgIpc) is 2.94. The molecule has 31 heavy (non-hydrogen) atoms. The van der Waals surface area contributed by atoms with Crippen LogP contribution in [0.4, 0.5) is 0 Å². The zero-order valence-corrected chi connectivity index (χ0v) is 19.5. The zero-order chi connectivity index (χ0) is 21.7. The van der Waals surface area contributed by atoms with Gasteiger partial charge in [0, 0.05) is 11.3 Å². The summed E-state index contributed by atoms with van der Waals surface area (Å²) in [5.74, 6) is 2.45. The largest absolute Gasteiger partial charge is 0.493 e. The van der Waals surface area contributed by atoms with E-state index < -0.39 is 0 Å². The Hall–Kier alpha value is -1.78. The van der Waals surface area contributed by atoms with E-state index in [1.807, 2.05) is 0 Å². The second kappa shape index (κ2) is 7.67. The van der Waals surface area contributed by atoms with Gasteiger partial charge in [-0.3, -0.25) is 0 Å². The molecule has 0 amide bonds. The minimum atomic E-state index is -0.0215. The SMILES string of the molecule is CCC1(COC2=CCC3C(=C2)C(C)(C)c2cc(OCC4(CC)COC4)ccc23)COC1. The summed E-state index contributed by atoms with van der Waals surface area (Å²) >= 11 is 0. The third kappa shape index (κ3) is 3.52. The first kappa shape index (κ1) is 21.1. The minimum Gasteiger partial charge on any atom is -0.493 e. The number of hydrogen-bond donors (Lipinski definition) is 0. The molecule has 2 heterocycles. The molecule has 2 fully saturated rings. The summed E-state index contributed by atoms with van der Waals surface area (Å²) in [4.78, 5) is 0. The lowest BCUT2D eigenvalue weighted by Crippen LogP contribution is -2.46. The van der Waals surface area contributed by atoms with Crippen LogP contribution in [0.3, 0.4) is 0 Å². The molecule has 5 rings (SSSR count). The Bertz CT molecular complexity index is 891. The first-order valence-corrected chi connectivity index (χ1v) is 11.9. The maximum atomic E-state index is 6.28. The number of ether oxygens (including phenoxy) is 4. The molecule has 4 aliphatic rings. The Balaban J connectivity index is 1.31. The third-order valence-corrected chi connectivity index (χ3v) is 8.25. The van der Waals surface area contributed by atoms with Gasteiger partial charge in [0.05, 0.1) is 50.5 Å². The van der Waals surface area contributed by atoms with E-state index in [9.17, 15) is 0 Å². The van der Waals surface area contributed by atoms with Gasteiger partial charge in [0.25, 0.3) is 0 Å². The first-order valence-electron chi connectivity index (χ1n) is 11.9. The summed E-state index contributed by atoms with van der Waals surface area (Å²) in [6, 6.07) is 6.71. The second-order valence-corrected chi connectivity index (χ2v) is 10.6. The summed E-state index contributed by atoms with van der Waals surface area (Å²) < 4.78 is 23.4. The van der Waals surface area contributed by atoms with Crippen LogP contribution in [0.25, 0.3) is 0 Å². The van der Waals surface area contributed by atoms with Gasteiger partial charge < -0.3 is 18.9 Å². The Morgan fingerprint density at radius 3 is 2.16 bits per heavy atom. The first-order chi connectivity index (χ1) is 14.9. The number of rotatable bonds is 8. The smallest absolute Gasteiger partial charge is 0.119 e. The molecule has 0 aromatic heterocycles. The van der Waals surface area contributed by atoms with Crippen LogP contribution in [-0.2, 0) is 19.6 Å². The lowest BCUT2D eigenvalue weighted by molar-refractivity contribution is -0.141. The highest BCUT2D eigenvalue weighted by atomic mass is 16.5. The molecule has 0 bridgehead atoms. The Labute approximate surface area is 186 Å². The van der Waals surface area contributed by atoms with Crippen molar-refractivity contribution in [2.75, 3.05) is 39.6 Å². The van der Waals surface area contributed by atoms with Crippen LogP contribution in [0.2, 0.25) is 0 Å². The molecule has 1 atom stereocenters. The van der Waals surface area contributed by atoms with Gasteiger partial charge in [-0.05, 0) is 60.2 Å². The minimum absolute atomic E-state index is 0.0215. The van der Waals surface area contributed by atoms with Gasteiger partial charge in [-0.2, -0.15) is 0 Å². The van der Waals surface area contributed by atoms with E-state index in [1.165, 1.54) is 16.7 Å². The molecular weight excluding hydrogens is 388 g/mol. The second-order valence-electron chi connectivity index (χ2n) is 10.6. The fourth-order valence-corrected chi connectivity index (χ4v) is 5.34. The van der Waals surface area contributed by atoms with Gasteiger partial charge in [-0.25, -0.2) is 0 Å². The van der Waals surface area contributed by atoms with Crippen LogP contribution in [0, 0.1) is 10.8 Å². The van der Waals surface area contributed by atoms with E-state index >= 15 is 0 Å². The van der Waals surface area contributed by atoms with Crippen molar-refractivity contribution in [1.29, 1.82) is 0 Å². The van der Waals surface area contributed by atoms with E-state index in [0.717, 1.165) is 70.4 Å². The molecule has 0 saturated carbocycles. The van der Waals surface area contributed by atoms with E-state index in [0.29, 0.717) is 5.92 Å². The average molecular weight is 425 g/mol. The summed E-state index contributed by atoms with van der Waals surface area (Å²) in [6.45, 7) is 13.9. The molecule has 0 spiro atoms. The highest BCUT2D eigenvalue weighted by Gasteiger charge is 2.44. The standard InChI is InChI=1S/C27H36O4/c1-5-26(13-28-14-26)17-30-19-7-9-21-22-10-8-20(31-18-27(6-2)15-29-16-27)12-24(22)25(3,4)23(21)11-19/h7-9,11-12,22H,5-6,10,13-18H2,1-4H3. The predicted octanol–water partition coefficient (Wildman–Crippen LogP) is 5.52. The molecule has 0 N–H and O–H groups in total. The lowest BCUT2D eigenvalue weighted by Gasteiger charge is -2.40. The number of allylic oxidation sites excluding steroid dienone is 3. The zero-order valence-electron chi connectivity index (χ0n) is 19.5. The summed E-state index contributed by atoms with van der Waals surface area (Å²) in [5, 5.41) is 0. The van der Waals surface area contributed by atoms with Crippen LogP contribution in [0.15, 0.2) is 41.7 Å². The van der Waals surface area contributed by atoms with Crippen LogP contribution >= 0.6 is 0 Å². The van der Waals surface area contributed by atoms with Gasteiger partial charge in [-0.15, -0.1) is 0 Å². The summed E-state index contributed by atoms with van der Waals surface area (Å²) in [7, 11) is 0. The van der Waals surface area contributed by atoms with Crippen molar-refractivity contribution in [2.45, 2.75) is 58.3 Å². The van der Waals surface area contributed by atoms with Gasteiger partial charge in [-0.1, -0.05) is 33.8 Å². The van der Waals surface area contributed by atoms with Crippen molar-refractivity contribution in [3.8, 4) is 5.75 Å².